The number of hydrogen-bond acceptors (Lipinski definition) is 5. The number of benzene rings is 3. The summed E-state index contributed by atoms with van der Waals surface area (Å²) in [6, 6.07) is 14.0. The van der Waals surface area contributed by atoms with E-state index in [0.29, 0.717) is 43.9 Å². The molecule has 1 amide bonds. The number of oxazole rings is 1. The third kappa shape index (κ3) is 3.72. The first-order chi connectivity index (χ1) is 14.3. The summed E-state index contributed by atoms with van der Waals surface area (Å²) >= 11 is 12.2. The number of fused-ring (bicyclic) bond motifs is 1. The summed E-state index contributed by atoms with van der Waals surface area (Å²) < 4.78 is 5.82. The second-order valence-corrected chi connectivity index (χ2v) is 7.34. The average molecular weight is 442 g/mol. The van der Waals surface area contributed by atoms with Gasteiger partial charge in [-0.1, -0.05) is 35.3 Å². The van der Waals surface area contributed by atoms with Gasteiger partial charge >= 0.3 is 0 Å². The van der Waals surface area contributed by atoms with Gasteiger partial charge in [0.25, 0.3) is 11.6 Å². The maximum absolute atomic E-state index is 12.6. The third-order valence-electron chi connectivity index (χ3n) is 4.54. The van der Waals surface area contributed by atoms with Gasteiger partial charge in [0, 0.05) is 34.0 Å². The molecule has 0 atom stereocenters. The normalized spacial score (nSPS) is 10.9. The Morgan fingerprint density at radius 3 is 2.67 bits per heavy atom. The molecular formula is C21H13Cl2N3O4. The monoisotopic (exact) mass is 441 g/mol. The molecule has 0 aliphatic heterocycles. The second-order valence-electron chi connectivity index (χ2n) is 6.49. The van der Waals surface area contributed by atoms with Crippen LogP contribution in [0, 0.1) is 17.0 Å². The number of rotatable bonds is 4. The van der Waals surface area contributed by atoms with Crippen LogP contribution in [0.2, 0.25) is 10.0 Å². The molecule has 0 saturated heterocycles. The number of nitro groups is 1. The zero-order valence-electron chi connectivity index (χ0n) is 15.5. The first kappa shape index (κ1) is 19.9. The van der Waals surface area contributed by atoms with Crippen LogP contribution < -0.4 is 5.32 Å². The molecule has 0 unspecified atom stereocenters. The molecule has 1 aromatic heterocycles. The zero-order chi connectivity index (χ0) is 21.4. The lowest BCUT2D eigenvalue weighted by Gasteiger charge is -2.11. The number of amides is 1. The number of nitrogens with zero attached hydrogens (tertiary/aromatic N) is 2. The molecule has 0 radical (unpaired) electrons. The Hall–Kier alpha value is -3.42. The van der Waals surface area contributed by atoms with Crippen LogP contribution in [0.25, 0.3) is 22.6 Å². The topological polar surface area (TPSA) is 98.3 Å². The fourth-order valence-electron chi connectivity index (χ4n) is 3.03. The highest BCUT2D eigenvalue weighted by atomic mass is 35.5. The number of non-ortho nitro benzene ring substituents is 1. The van der Waals surface area contributed by atoms with Crippen molar-refractivity contribution in [3.05, 3.63) is 85.9 Å². The highest BCUT2D eigenvalue weighted by Crippen LogP contribution is 2.34. The Labute approximate surface area is 180 Å². The fraction of sp³-hybridized carbons (Fsp3) is 0.0476. The molecule has 7 nitrogen and oxygen atoms in total. The van der Waals surface area contributed by atoms with Crippen molar-refractivity contribution in [1.29, 1.82) is 0 Å². The van der Waals surface area contributed by atoms with Crippen LogP contribution in [0.5, 0.6) is 0 Å². The van der Waals surface area contributed by atoms with Gasteiger partial charge in [-0.25, -0.2) is 4.98 Å². The van der Waals surface area contributed by atoms with Crippen LogP contribution >= 0.6 is 23.2 Å². The summed E-state index contributed by atoms with van der Waals surface area (Å²) in [7, 11) is 0. The number of nitro benzene ring substituents is 1. The molecule has 1 N–H and O–H groups in total. The summed E-state index contributed by atoms with van der Waals surface area (Å²) in [6.45, 7) is 1.81. The van der Waals surface area contributed by atoms with Crippen molar-refractivity contribution in [2.24, 2.45) is 0 Å². The number of aromatic nitrogens is 1. The van der Waals surface area contributed by atoms with Crippen LogP contribution in [0.1, 0.15) is 15.9 Å². The highest BCUT2D eigenvalue weighted by molar-refractivity contribution is 6.38. The molecule has 150 valence electrons. The van der Waals surface area contributed by atoms with Gasteiger partial charge in [0.15, 0.2) is 5.58 Å². The predicted molar refractivity (Wildman–Crippen MR) is 115 cm³/mol. The van der Waals surface area contributed by atoms with Crippen molar-refractivity contribution < 1.29 is 14.1 Å². The van der Waals surface area contributed by atoms with Gasteiger partial charge < -0.3 is 9.73 Å². The van der Waals surface area contributed by atoms with E-state index in [2.05, 4.69) is 10.3 Å². The number of hydrogen-bond donors (Lipinski definition) is 1. The molecule has 0 spiro atoms. The van der Waals surface area contributed by atoms with Crippen molar-refractivity contribution in [1.82, 2.24) is 4.98 Å². The Balaban J connectivity index is 1.68. The van der Waals surface area contributed by atoms with E-state index in [0.717, 1.165) is 0 Å². The minimum absolute atomic E-state index is 0.157. The lowest BCUT2D eigenvalue weighted by Crippen LogP contribution is -2.13. The number of nitrogens with one attached hydrogen (secondary N) is 1. The summed E-state index contributed by atoms with van der Waals surface area (Å²) in [5.41, 5.74) is 2.86. The van der Waals surface area contributed by atoms with E-state index in [1.807, 2.05) is 6.92 Å². The molecule has 4 rings (SSSR count). The lowest BCUT2D eigenvalue weighted by molar-refractivity contribution is -0.384. The van der Waals surface area contributed by atoms with Gasteiger partial charge in [-0.05, 0) is 42.8 Å². The van der Waals surface area contributed by atoms with Crippen molar-refractivity contribution >= 4 is 51.6 Å². The number of anilines is 1. The molecule has 0 saturated carbocycles. The maximum Gasteiger partial charge on any atom is 0.270 e. The molecule has 1 heterocycles. The first-order valence-electron chi connectivity index (χ1n) is 8.75. The van der Waals surface area contributed by atoms with Crippen molar-refractivity contribution in [2.75, 3.05) is 5.32 Å². The van der Waals surface area contributed by atoms with E-state index in [4.69, 9.17) is 27.6 Å². The van der Waals surface area contributed by atoms with Crippen LogP contribution in [0.15, 0.2) is 59.0 Å². The van der Waals surface area contributed by atoms with E-state index in [-0.39, 0.29) is 11.3 Å². The molecule has 0 aliphatic carbocycles. The van der Waals surface area contributed by atoms with Gasteiger partial charge in [0.05, 0.1) is 9.95 Å². The lowest BCUT2D eigenvalue weighted by atomic mass is 10.1. The van der Waals surface area contributed by atoms with Gasteiger partial charge in [-0.2, -0.15) is 0 Å². The van der Waals surface area contributed by atoms with E-state index >= 15 is 0 Å². The Bertz CT molecular complexity index is 1320. The maximum atomic E-state index is 12.6. The molecule has 0 fully saturated rings. The minimum atomic E-state index is -0.548. The second kappa shape index (κ2) is 7.78. The Kier molecular flexibility index (Phi) is 5.15. The van der Waals surface area contributed by atoms with Crippen LogP contribution in [-0.2, 0) is 0 Å². The van der Waals surface area contributed by atoms with Gasteiger partial charge in [0.2, 0.25) is 5.89 Å². The van der Waals surface area contributed by atoms with Gasteiger partial charge in [0.1, 0.15) is 5.52 Å². The standard InChI is InChI=1S/C21H13Cl2N3O4/c1-11-15(21-25-18-10-13(22)9-16(23)19(18)30-21)6-3-7-17(11)24-20(27)12-4-2-5-14(8-12)26(28)29/h2-10H,1H3,(H,24,27). The van der Waals surface area contributed by atoms with E-state index in [1.54, 1.807) is 30.3 Å². The Morgan fingerprint density at radius 1 is 1.13 bits per heavy atom. The SMILES string of the molecule is Cc1c(NC(=O)c2cccc([N+](=O)[O-])c2)cccc1-c1nc2cc(Cl)cc(Cl)c2o1. The van der Waals surface area contributed by atoms with E-state index < -0.39 is 10.8 Å². The highest BCUT2D eigenvalue weighted by Gasteiger charge is 2.17. The third-order valence-corrected chi connectivity index (χ3v) is 5.04. The summed E-state index contributed by atoms with van der Waals surface area (Å²) in [4.78, 5) is 27.5. The molecule has 9 heteroatoms. The Morgan fingerprint density at radius 2 is 1.90 bits per heavy atom. The smallest absolute Gasteiger partial charge is 0.270 e. The summed E-state index contributed by atoms with van der Waals surface area (Å²) in [6.07, 6.45) is 0. The van der Waals surface area contributed by atoms with Crippen LogP contribution in [-0.4, -0.2) is 15.8 Å². The van der Waals surface area contributed by atoms with Gasteiger partial charge in [-0.3, -0.25) is 14.9 Å². The van der Waals surface area contributed by atoms with E-state index in [9.17, 15) is 14.9 Å². The predicted octanol–water partition coefficient (Wildman–Crippen LogP) is 6.27. The number of carbonyl (C=O) groups excluding carboxylic acids is 1. The molecule has 3 aromatic carbocycles. The molecule has 0 bridgehead atoms. The number of carbonyl (C=O) groups is 1. The van der Waals surface area contributed by atoms with Crippen molar-refractivity contribution in [3.63, 3.8) is 0 Å². The first-order valence-corrected chi connectivity index (χ1v) is 9.50. The van der Waals surface area contributed by atoms with Crippen molar-refractivity contribution in [3.8, 4) is 11.5 Å². The molecule has 4 aromatic rings. The van der Waals surface area contributed by atoms with Crippen LogP contribution in [0.3, 0.4) is 0 Å². The summed E-state index contributed by atoms with van der Waals surface area (Å²) in [5, 5.41) is 14.5. The largest absolute Gasteiger partial charge is 0.434 e. The minimum Gasteiger partial charge on any atom is -0.434 e. The van der Waals surface area contributed by atoms with Crippen molar-refractivity contribution in [2.45, 2.75) is 6.92 Å². The summed E-state index contributed by atoms with van der Waals surface area (Å²) in [5.74, 6) is -0.135. The number of halogens is 2. The quantitative estimate of drug-likeness (QED) is 0.297. The molecule has 30 heavy (non-hydrogen) atoms. The molecular weight excluding hydrogens is 429 g/mol. The molecule has 0 aliphatic rings. The fourth-order valence-corrected chi connectivity index (χ4v) is 3.55. The zero-order valence-corrected chi connectivity index (χ0v) is 17.0. The average Bonchev–Trinajstić information content (AvgIpc) is 3.13. The van der Waals surface area contributed by atoms with Crippen LogP contribution in [0.4, 0.5) is 11.4 Å². The van der Waals surface area contributed by atoms with E-state index in [1.165, 1.54) is 24.3 Å². The van der Waals surface area contributed by atoms with Gasteiger partial charge in [-0.15, -0.1) is 0 Å².